The third kappa shape index (κ3) is 3.65. The molecule has 2 rings (SSSR count). The van der Waals surface area contributed by atoms with Gasteiger partial charge < -0.3 is 15.4 Å². The first-order valence-corrected chi connectivity index (χ1v) is 7.03. The maximum Gasteiger partial charge on any atom is 0.319 e. The van der Waals surface area contributed by atoms with Crippen LogP contribution in [0.3, 0.4) is 0 Å². The average molecular weight is 312 g/mol. The van der Waals surface area contributed by atoms with Crippen molar-refractivity contribution in [3.8, 4) is 0 Å². The van der Waals surface area contributed by atoms with Gasteiger partial charge in [-0.05, 0) is 12.1 Å². The van der Waals surface area contributed by atoms with E-state index in [9.17, 15) is 9.59 Å². The maximum atomic E-state index is 12.5. The molecule has 6 nitrogen and oxygen atoms in total. The van der Waals surface area contributed by atoms with Gasteiger partial charge in [0.1, 0.15) is 0 Å². The minimum atomic E-state index is -0.273. The molecule has 1 amide bonds. The molecule has 114 valence electrons. The van der Waals surface area contributed by atoms with Gasteiger partial charge in [-0.1, -0.05) is 17.7 Å². The van der Waals surface area contributed by atoms with E-state index in [0.717, 1.165) is 0 Å². The second kappa shape index (κ2) is 6.78. The Morgan fingerprint density at radius 2 is 1.95 bits per heavy atom. The van der Waals surface area contributed by atoms with Crippen molar-refractivity contribution in [2.24, 2.45) is 0 Å². The third-order valence-corrected chi connectivity index (χ3v) is 3.81. The Labute approximate surface area is 128 Å². The van der Waals surface area contributed by atoms with Crippen LogP contribution in [-0.2, 0) is 9.53 Å². The lowest BCUT2D eigenvalue weighted by molar-refractivity contribution is -0.142. The lowest BCUT2D eigenvalue weighted by atomic mass is 10.1. The predicted octanol–water partition coefficient (Wildman–Crippen LogP) is 0.853. The minimum absolute atomic E-state index is 0.171. The van der Waals surface area contributed by atoms with Crippen molar-refractivity contribution >= 4 is 29.2 Å². The molecule has 1 saturated heterocycles. The number of methoxy groups -OCH3 is 1. The van der Waals surface area contributed by atoms with Crippen molar-refractivity contribution in [2.45, 2.75) is 0 Å². The Hall–Kier alpha value is -1.79. The summed E-state index contributed by atoms with van der Waals surface area (Å²) in [5, 5.41) is 0.358. The first kappa shape index (κ1) is 15.6. The van der Waals surface area contributed by atoms with Crippen molar-refractivity contribution in [3.63, 3.8) is 0 Å². The molecule has 1 aliphatic rings. The van der Waals surface area contributed by atoms with E-state index >= 15 is 0 Å². The van der Waals surface area contributed by atoms with Gasteiger partial charge >= 0.3 is 5.97 Å². The summed E-state index contributed by atoms with van der Waals surface area (Å²) >= 11 is 6.06. The Morgan fingerprint density at radius 1 is 1.29 bits per heavy atom. The van der Waals surface area contributed by atoms with Crippen LogP contribution in [-0.4, -0.2) is 61.5 Å². The van der Waals surface area contributed by atoms with E-state index in [0.29, 0.717) is 42.5 Å². The number of nitrogens with zero attached hydrogens (tertiary/aromatic N) is 2. The van der Waals surface area contributed by atoms with E-state index in [4.69, 9.17) is 17.3 Å². The molecular weight excluding hydrogens is 294 g/mol. The van der Waals surface area contributed by atoms with Crippen molar-refractivity contribution in [1.82, 2.24) is 9.80 Å². The van der Waals surface area contributed by atoms with Crippen LogP contribution in [0.25, 0.3) is 0 Å². The van der Waals surface area contributed by atoms with Gasteiger partial charge in [0.05, 0.1) is 24.2 Å². The number of esters is 1. The molecule has 1 aromatic rings. The van der Waals surface area contributed by atoms with Gasteiger partial charge in [-0.25, -0.2) is 0 Å². The molecule has 0 saturated carbocycles. The summed E-state index contributed by atoms with van der Waals surface area (Å²) in [5.41, 5.74) is 6.56. The Balaban J connectivity index is 1.99. The van der Waals surface area contributed by atoms with Crippen LogP contribution < -0.4 is 5.73 Å². The largest absolute Gasteiger partial charge is 0.468 e. The molecule has 1 fully saturated rings. The number of ether oxygens (including phenoxy) is 1. The summed E-state index contributed by atoms with van der Waals surface area (Å²) in [7, 11) is 1.36. The van der Waals surface area contributed by atoms with Crippen LogP contribution in [0.4, 0.5) is 5.69 Å². The molecular formula is C14H18ClN3O3. The van der Waals surface area contributed by atoms with Crippen LogP contribution in [0.2, 0.25) is 5.02 Å². The number of hydrogen-bond acceptors (Lipinski definition) is 5. The Bertz CT molecular complexity index is 522. The smallest absolute Gasteiger partial charge is 0.319 e. The zero-order valence-corrected chi connectivity index (χ0v) is 12.6. The first-order valence-electron chi connectivity index (χ1n) is 6.65. The standard InChI is InChI=1S/C14H18ClN3O3/c1-21-12(19)9-17-5-7-18(8-6-17)14(20)13-10(15)3-2-4-11(13)16/h2-4H,5-9,16H2,1H3. The lowest BCUT2D eigenvalue weighted by Crippen LogP contribution is -2.50. The molecule has 0 spiro atoms. The number of carbonyl (C=O) groups is 2. The fourth-order valence-corrected chi connectivity index (χ4v) is 2.54. The average Bonchev–Trinajstić information content (AvgIpc) is 2.47. The van der Waals surface area contributed by atoms with Gasteiger partial charge in [0.2, 0.25) is 0 Å². The van der Waals surface area contributed by atoms with Crippen LogP contribution >= 0.6 is 11.6 Å². The molecule has 1 heterocycles. The number of nitrogens with two attached hydrogens (primary N) is 1. The van der Waals surface area contributed by atoms with Gasteiger partial charge in [0.15, 0.2) is 0 Å². The summed E-state index contributed by atoms with van der Waals surface area (Å²) in [6.07, 6.45) is 0. The van der Waals surface area contributed by atoms with Crippen molar-refractivity contribution < 1.29 is 14.3 Å². The molecule has 1 aromatic carbocycles. The second-order valence-corrected chi connectivity index (χ2v) is 5.26. The number of hydrogen-bond donors (Lipinski definition) is 1. The molecule has 2 N–H and O–H groups in total. The van der Waals surface area contributed by atoms with Gasteiger partial charge in [0.25, 0.3) is 5.91 Å². The minimum Gasteiger partial charge on any atom is -0.468 e. The highest BCUT2D eigenvalue weighted by Gasteiger charge is 2.25. The molecule has 0 radical (unpaired) electrons. The SMILES string of the molecule is COC(=O)CN1CCN(C(=O)c2c(N)cccc2Cl)CC1. The predicted molar refractivity (Wildman–Crippen MR) is 80.2 cm³/mol. The number of carbonyl (C=O) groups excluding carboxylic acids is 2. The van der Waals surface area contributed by atoms with E-state index in [1.165, 1.54) is 7.11 Å². The van der Waals surface area contributed by atoms with Gasteiger partial charge in [-0.15, -0.1) is 0 Å². The Morgan fingerprint density at radius 3 is 2.52 bits per heavy atom. The number of rotatable bonds is 3. The zero-order chi connectivity index (χ0) is 15.4. The summed E-state index contributed by atoms with van der Waals surface area (Å²) in [6, 6.07) is 5.02. The monoisotopic (exact) mass is 311 g/mol. The fraction of sp³-hybridized carbons (Fsp3) is 0.429. The molecule has 7 heteroatoms. The highest BCUT2D eigenvalue weighted by atomic mass is 35.5. The van der Waals surface area contributed by atoms with Crippen LogP contribution in [0.1, 0.15) is 10.4 Å². The number of piperazine rings is 1. The van der Waals surface area contributed by atoms with Gasteiger partial charge in [-0.2, -0.15) is 0 Å². The zero-order valence-electron chi connectivity index (χ0n) is 11.8. The number of halogens is 1. The van der Waals surface area contributed by atoms with E-state index in [2.05, 4.69) is 4.74 Å². The molecule has 21 heavy (non-hydrogen) atoms. The van der Waals surface area contributed by atoms with E-state index < -0.39 is 0 Å². The summed E-state index contributed by atoms with van der Waals surface area (Å²) < 4.78 is 4.63. The summed E-state index contributed by atoms with van der Waals surface area (Å²) in [4.78, 5) is 27.4. The van der Waals surface area contributed by atoms with E-state index in [1.54, 1.807) is 23.1 Å². The van der Waals surface area contributed by atoms with Crippen molar-refractivity contribution in [1.29, 1.82) is 0 Å². The van der Waals surface area contributed by atoms with Crippen LogP contribution in [0.5, 0.6) is 0 Å². The first-order chi connectivity index (χ1) is 10.0. The molecule has 1 aliphatic heterocycles. The molecule has 0 unspecified atom stereocenters. The molecule has 0 bridgehead atoms. The summed E-state index contributed by atoms with van der Waals surface area (Å²) in [5.74, 6) is -0.444. The van der Waals surface area contributed by atoms with Crippen LogP contribution in [0.15, 0.2) is 18.2 Å². The van der Waals surface area contributed by atoms with Gasteiger partial charge in [-0.3, -0.25) is 14.5 Å². The van der Waals surface area contributed by atoms with E-state index in [-0.39, 0.29) is 18.4 Å². The number of nitrogen functional groups attached to an aromatic ring is 1. The highest BCUT2D eigenvalue weighted by molar-refractivity contribution is 6.34. The second-order valence-electron chi connectivity index (χ2n) is 4.85. The van der Waals surface area contributed by atoms with Crippen LogP contribution in [0, 0.1) is 0 Å². The topological polar surface area (TPSA) is 75.9 Å². The highest BCUT2D eigenvalue weighted by Crippen LogP contribution is 2.24. The molecule has 0 aromatic heterocycles. The normalized spacial score (nSPS) is 15.8. The third-order valence-electron chi connectivity index (χ3n) is 3.50. The lowest BCUT2D eigenvalue weighted by Gasteiger charge is -2.34. The summed E-state index contributed by atoms with van der Waals surface area (Å²) in [6.45, 7) is 2.53. The molecule has 0 atom stereocenters. The van der Waals surface area contributed by atoms with E-state index in [1.807, 2.05) is 4.90 Å². The number of amides is 1. The van der Waals surface area contributed by atoms with Crippen molar-refractivity contribution in [3.05, 3.63) is 28.8 Å². The Kier molecular flexibility index (Phi) is 5.03. The number of benzene rings is 1. The maximum absolute atomic E-state index is 12.5. The number of anilines is 1. The van der Waals surface area contributed by atoms with Crippen molar-refractivity contribution in [2.75, 3.05) is 45.6 Å². The molecule has 0 aliphatic carbocycles. The quantitative estimate of drug-likeness (QED) is 0.661. The fourth-order valence-electron chi connectivity index (χ4n) is 2.28. The van der Waals surface area contributed by atoms with Gasteiger partial charge in [0, 0.05) is 31.9 Å².